The van der Waals surface area contributed by atoms with Crippen LogP contribution >= 0.6 is 0 Å². The first kappa shape index (κ1) is 8.31. The molecule has 1 aliphatic rings. The Bertz CT molecular complexity index is 206. The molecule has 1 rings (SSSR count). The van der Waals surface area contributed by atoms with Gasteiger partial charge in [0.15, 0.2) is 5.76 Å². The minimum atomic E-state index is -0.237. The van der Waals surface area contributed by atoms with Crippen LogP contribution in [0.5, 0.6) is 0 Å². The molecule has 0 aromatic carbocycles. The lowest BCUT2D eigenvalue weighted by atomic mass is 9.99. The van der Waals surface area contributed by atoms with Crippen LogP contribution < -0.4 is 0 Å². The van der Waals surface area contributed by atoms with Crippen LogP contribution in [-0.2, 0) is 9.53 Å². The number of rotatable bonds is 1. The van der Waals surface area contributed by atoms with E-state index >= 15 is 0 Å². The van der Waals surface area contributed by atoms with Gasteiger partial charge in [-0.15, -0.1) is 0 Å². The highest BCUT2D eigenvalue weighted by molar-refractivity contribution is 5.96. The number of Topliss-reactive ketones (excluding diaryl/α,β-unsaturated/α-hetero) is 1. The fourth-order valence-corrected chi connectivity index (χ4v) is 1.20. The normalized spacial score (nSPS) is 34.5. The second-order valence-corrected chi connectivity index (χ2v) is 3.16. The Morgan fingerprint density at radius 2 is 2.36 bits per heavy atom. The molecule has 0 radical (unpaired) electrons. The lowest BCUT2D eigenvalue weighted by Gasteiger charge is -2.19. The van der Waals surface area contributed by atoms with Gasteiger partial charge in [0.25, 0.3) is 0 Å². The molecule has 0 aromatic heterocycles. The molecule has 0 bridgehead atoms. The molecule has 0 saturated carbocycles. The quantitative estimate of drug-likeness (QED) is 0.540. The van der Waals surface area contributed by atoms with Gasteiger partial charge in [-0.2, -0.15) is 0 Å². The molecule has 1 aliphatic heterocycles. The summed E-state index contributed by atoms with van der Waals surface area (Å²) >= 11 is 0. The third-order valence-electron chi connectivity index (χ3n) is 2.18. The van der Waals surface area contributed by atoms with Crippen LogP contribution in [0.25, 0.3) is 0 Å². The standard InChI is InChI=1S/C9H14O2/c1-4-8-7(10)6-9(3,5-2)11-8/h4H,5-6H2,1-3H3/b8-4+. The van der Waals surface area contributed by atoms with Gasteiger partial charge in [-0.3, -0.25) is 4.79 Å². The summed E-state index contributed by atoms with van der Waals surface area (Å²) < 4.78 is 5.47. The predicted molar refractivity (Wildman–Crippen MR) is 43.2 cm³/mol. The van der Waals surface area contributed by atoms with Crippen molar-refractivity contribution >= 4 is 5.78 Å². The monoisotopic (exact) mass is 154 g/mol. The third kappa shape index (κ3) is 1.44. The Morgan fingerprint density at radius 3 is 2.64 bits per heavy atom. The van der Waals surface area contributed by atoms with E-state index in [1.54, 1.807) is 6.08 Å². The SMILES string of the molecule is C/C=C1/OC(C)(CC)CC1=O. The molecule has 2 nitrogen and oxygen atoms in total. The lowest BCUT2D eigenvalue weighted by molar-refractivity contribution is -0.115. The Morgan fingerprint density at radius 1 is 1.73 bits per heavy atom. The van der Waals surface area contributed by atoms with Gasteiger partial charge < -0.3 is 4.74 Å². The highest BCUT2D eigenvalue weighted by Crippen LogP contribution is 2.32. The maximum atomic E-state index is 11.2. The largest absolute Gasteiger partial charge is 0.484 e. The van der Waals surface area contributed by atoms with Crippen LogP contribution in [-0.4, -0.2) is 11.4 Å². The van der Waals surface area contributed by atoms with Gasteiger partial charge in [-0.1, -0.05) is 6.92 Å². The molecule has 1 unspecified atom stereocenters. The minimum absolute atomic E-state index is 0.136. The van der Waals surface area contributed by atoms with Crippen molar-refractivity contribution in [1.29, 1.82) is 0 Å². The molecule has 1 fully saturated rings. The molecule has 0 amide bonds. The molecular weight excluding hydrogens is 140 g/mol. The van der Waals surface area contributed by atoms with Crippen molar-refractivity contribution in [2.45, 2.75) is 39.2 Å². The van der Waals surface area contributed by atoms with E-state index in [1.807, 2.05) is 20.8 Å². The maximum absolute atomic E-state index is 11.2. The first-order valence-corrected chi connectivity index (χ1v) is 4.00. The second-order valence-electron chi connectivity index (χ2n) is 3.16. The molecule has 0 aromatic rings. The van der Waals surface area contributed by atoms with Crippen molar-refractivity contribution in [2.24, 2.45) is 0 Å². The summed E-state index contributed by atoms with van der Waals surface area (Å²) in [5, 5.41) is 0. The molecule has 1 saturated heterocycles. The molecule has 1 atom stereocenters. The highest BCUT2D eigenvalue weighted by atomic mass is 16.5. The van der Waals surface area contributed by atoms with Crippen LogP contribution in [0.4, 0.5) is 0 Å². The summed E-state index contributed by atoms with van der Waals surface area (Å²) in [5.41, 5.74) is -0.237. The van der Waals surface area contributed by atoms with Gasteiger partial charge in [0.2, 0.25) is 5.78 Å². The van der Waals surface area contributed by atoms with E-state index in [0.29, 0.717) is 12.2 Å². The third-order valence-corrected chi connectivity index (χ3v) is 2.18. The molecule has 0 aliphatic carbocycles. The topological polar surface area (TPSA) is 26.3 Å². The Hall–Kier alpha value is -0.790. The van der Waals surface area contributed by atoms with Crippen molar-refractivity contribution in [3.05, 3.63) is 11.8 Å². The van der Waals surface area contributed by atoms with Crippen LogP contribution in [0.3, 0.4) is 0 Å². The fourth-order valence-electron chi connectivity index (χ4n) is 1.20. The van der Waals surface area contributed by atoms with E-state index in [-0.39, 0.29) is 11.4 Å². The zero-order valence-electron chi connectivity index (χ0n) is 7.31. The van der Waals surface area contributed by atoms with E-state index < -0.39 is 0 Å². The number of allylic oxidation sites excluding steroid dienone is 2. The lowest BCUT2D eigenvalue weighted by Crippen LogP contribution is -2.21. The molecule has 1 heterocycles. The van der Waals surface area contributed by atoms with Gasteiger partial charge in [0.1, 0.15) is 5.60 Å². The first-order valence-electron chi connectivity index (χ1n) is 4.00. The van der Waals surface area contributed by atoms with E-state index in [2.05, 4.69) is 0 Å². The van der Waals surface area contributed by atoms with Gasteiger partial charge in [-0.25, -0.2) is 0 Å². The van der Waals surface area contributed by atoms with Crippen LogP contribution in [0.15, 0.2) is 11.8 Å². The van der Waals surface area contributed by atoms with Crippen LogP contribution in [0.1, 0.15) is 33.6 Å². The maximum Gasteiger partial charge on any atom is 0.201 e. The number of hydrogen-bond acceptors (Lipinski definition) is 2. The van der Waals surface area contributed by atoms with Gasteiger partial charge in [-0.05, 0) is 26.3 Å². The van der Waals surface area contributed by atoms with E-state index in [9.17, 15) is 4.79 Å². The van der Waals surface area contributed by atoms with Crippen LogP contribution in [0.2, 0.25) is 0 Å². The molecule has 0 N–H and O–H groups in total. The summed E-state index contributed by atoms with van der Waals surface area (Å²) in [6.07, 6.45) is 3.16. The number of carbonyl (C=O) groups is 1. The van der Waals surface area contributed by atoms with Gasteiger partial charge in [0.05, 0.1) is 6.42 Å². The Kier molecular flexibility index (Phi) is 2.03. The van der Waals surface area contributed by atoms with Gasteiger partial charge >= 0.3 is 0 Å². The van der Waals surface area contributed by atoms with Crippen molar-refractivity contribution in [1.82, 2.24) is 0 Å². The summed E-state index contributed by atoms with van der Waals surface area (Å²) in [4.78, 5) is 11.2. The molecule has 2 heteroatoms. The smallest absolute Gasteiger partial charge is 0.201 e. The van der Waals surface area contributed by atoms with E-state index in [4.69, 9.17) is 4.74 Å². The van der Waals surface area contributed by atoms with E-state index in [1.165, 1.54) is 0 Å². The summed E-state index contributed by atoms with van der Waals surface area (Å²) in [7, 11) is 0. The molecular formula is C9H14O2. The minimum Gasteiger partial charge on any atom is -0.484 e. The number of ketones is 1. The van der Waals surface area contributed by atoms with Gasteiger partial charge in [0, 0.05) is 0 Å². The molecule has 0 spiro atoms. The Labute approximate surface area is 67.2 Å². The van der Waals surface area contributed by atoms with E-state index in [0.717, 1.165) is 6.42 Å². The molecule has 62 valence electrons. The van der Waals surface area contributed by atoms with Crippen molar-refractivity contribution in [3.63, 3.8) is 0 Å². The first-order chi connectivity index (χ1) is 5.11. The highest BCUT2D eigenvalue weighted by Gasteiger charge is 2.37. The number of carbonyl (C=O) groups excluding carboxylic acids is 1. The zero-order chi connectivity index (χ0) is 8.48. The number of ether oxygens (including phenoxy) is 1. The average Bonchev–Trinajstić information content (AvgIpc) is 2.27. The van der Waals surface area contributed by atoms with Crippen molar-refractivity contribution in [2.75, 3.05) is 0 Å². The summed E-state index contributed by atoms with van der Waals surface area (Å²) in [6.45, 7) is 5.84. The summed E-state index contributed by atoms with van der Waals surface area (Å²) in [5.74, 6) is 0.672. The second kappa shape index (κ2) is 2.68. The van der Waals surface area contributed by atoms with Crippen molar-refractivity contribution in [3.8, 4) is 0 Å². The fraction of sp³-hybridized carbons (Fsp3) is 0.667. The predicted octanol–water partition coefficient (Wildman–Crippen LogP) is 2.05. The average molecular weight is 154 g/mol. The zero-order valence-corrected chi connectivity index (χ0v) is 7.31. The van der Waals surface area contributed by atoms with Crippen LogP contribution in [0, 0.1) is 0 Å². The summed E-state index contributed by atoms with van der Waals surface area (Å²) in [6, 6.07) is 0. The van der Waals surface area contributed by atoms with Crippen molar-refractivity contribution < 1.29 is 9.53 Å². The Balaban J connectivity index is 2.79. The number of hydrogen-bond donors (Lipinski definition) is 0. The molecule has 11 heavy (non-hydrogen) atoms.